The standard InChI is InChI=1S/C13H19FN2/c14-12-4-1-3-11(9-12)10-13-5-2-7-16(13)8-6-15/h1,3-4,9,13H,2,5-8,10,15H2. The number of likely N-dealkylation sites (tertiary alicyclic amines) is 1. The fourth-order valence-corrected chi connectivity index (χ4v) is 2.52. The third kappa shape index (κ3) is 2.80. The number of halogens is 1. The maximum Gasteiger partial charge on any atom is 0.123 e. The summed E-state index contributed by atoms with van der Waals surface area (Å²) in [7, 11) is 0. The van der Waals surface area contributed by atoms with Gasteiger partial charge in [0.05, 0.1) is 0 Å². The minimum Gasteiger partial charge on any atom is -0.329 e. The first kappa shape index (κ1) is 11.6. The van der Waals surface area contributed by atoms with Crippen LogP contribution in [0, 0.1) is 5.82 Å². The monoisotopic (exact) mass is 222 g/mol. The molecule has 0 saturated carbocycles. The van der Waals surface area contributed by atoms with Gasteiger partial charge >= 0.3 is 0 Å². The molecule has 3 heteroatoms. The number of hydrogen-bond acceptors (Lipinski definition) is 2. The summed E-state index contributed by atoms with van der Waals surface area (Å²) >= 11 is 0. The van der Waals surface area contributed by atoms with E-state index in [0.29, 0.717) is 12.6 Å². The average Bonchev–Trinajstić information content (AvgIpc) is 2.66. The predicted molar refractivity (Wildman–Crippen MR) is 63.8 cm³/mol. The fraction of sp³-hybridized carbons (Fsp3) is 0.538. The minimum atomic E-state index is -0.138. The Morgan fingerprint density at radius 3 is 3.06 bits per heavy atom. The van der Waals surface area contributed by atoms with Gasteiger partial charge in [-0.1, -0.05) is 12.1 Å². The first-order chi connectivity index (χ1) is 7.79. The minimum absolute atomic E-state index is 0.138. The van der Waals surface area contributed by atoms with E-state index in [2.05, 4.69) is 4.90 Å². The highest BCUT2D eigenvalue weighted by atomic mass is 19.1. The third-order valence-electron chi connectivity index (χ3n) is 3.28. The Kier molecular flexibility index (Phi) is 3.91. The smallest absolute Gasteiger partial charge is 0.123 e. The largest absolute Gasteiger partial charge is 0.329 e. The molecule has 2 N–H and O–H groups in total. The van der Waals surface area contributed by atoms with Gasteiger partial charge in [0.15, 0.2) is 0 Å². The number of hydrogen-bond donors (Lipinski definition) is 1. The van der Waals surface area contributed by atoms with Gasteiger partial charge in [0, 0.05) is 19.1 Å². The van der Waals surface area contributed by atoms with Gasteiger partial charge in [0.25, 0.3) is 0 Å². The molecule has 2 rings (SSSR count). The van der Waals surface area contributed by atoms with Crippen molar-refractivity contribution in [3.8, 4) is 0 Å². The third-order valence-corrected chi connectivity index (χ3v) is 3.28. The van der Waals surface area contributed by atoms with E-state index in [1.54, 1.807) is 12.1 Å². The summed E-state index contributed by atoms with van der Waals surface area (Å²) in [6.07, 6.45) is 3.38. The molecule has 0 spiro atoms. The molecule has 1 unspecified atom stereocenters. The summed E-state index contributed by atoms with van der Waals surface area (Å²) in [5.41, 5.74) is 6.68. The molecule has 1 saturated heterocycles. The quantitative estimate of drug-likeness (QED) is 0.841. The molecule has 0 amide bonds. The molecule has 1 fully saturated rings. The van der Waals surface area contributed by atoms with Crippen LogP contribution in [0.1, 0.15) is 18.4 Å². The van der Waals surface area contributed by atoms with E-state index in [-0.39, 0.29) is 5.82 Å². The zero-order valence-electron chi connectivity index (χ0n) is 9.53. The maximum atomic E-state index is 13.1. The normalized spacial score (nSPS) is 21.5. The summed E-state index contributed by atoms with van der Waals surface area (Å²) in [4.78, 5) is 2.42. The highest BCUT2D eigenvalue weighted by Crippen LogP contribution is 2.20. The summed E-state index contributed by atoms with van der Waals surface area (Å²) in [6.45, 7) is 2.80. The molecular weight excluding hydrogens is 203 g/mol. The van der Waals surface area contributed by atoms with Crippen LogP contribution in [0.15, 0.2) is 24.3 Å². The Labute approximate surface area is 96.2 Å². The maximum absolute atomic E-state index is 13.1. The number of nitrogens with two attached hydrogens (primary N) is 1. The number of benzene rings is 1. The van der Waals surface area contributed by atoms with Crippen molar-refractivity contribution in [2.45, 2.75) is 25.3 Å². The molecule has 88 valence electrons. The van der Waals surface area contributed by atoms with Gasteiger partial charge in [-0.25, -0.2) is 4.39 Å². The van der Waals surface area contributed by atoms with Crippen LogP contribution < -0.4 is 5.73 Å². The molecule has 1 heterocycles. The summed E-state index contributed by atoms with van der Waals surface area (Å²) in [6, 6.07) is 7.47. The van der Waals surface area contributed by atoms with Gasteiger partial charge in [0.1, 0.15) is 5.82 Å². The first-order valence-corrected chi connectivity index (χ1v) is 5.98. The van der Waals surface area contributed by atoms with Gasteiger partial charge in [-0.3, -0.25) is 4.90 Å². The second-order valence-corrected chi connectivity index (χ2v) is 4.45. The van der Waals surface area contributed by atoms with Crippen molar-refractivity contribution in [3.05, 3.63) is 35.6 Å². The van der Waals surface area contributed by atoms with Crippen molar-refractivity contribution >= 4 is 0 Å². The Hall–Kier alpha value is -0.930. The van der Waals surface area contributed by atoms with Crippen LogP contribution in [0.2, 0.25) is 0 Å². The molecule has 1 aromatic rings. The van der Waals surface area contributed by atoms with Crippen molar-refractivity contribution < 1.29 is 4.39 Å². The molecule has 16 heavy (non-hydrogen) atoms. The van der Waals surface area contributed by atoms with Crippen molar-refractivity contribution in [1.29, 1.82) is 0 Å². The van der Waals surface area contributed by atoms with Gasteiger partial charge in [-0.2, -0.15) is 0 Å². The second kappa shape index (κ2) is 5.41. The lowest BCUT2D eigenvalue weighted by atomic mass is 10.0. The number of nitrogens with zero attached hydrogens (tertiary/aromatic N) is 1. The molecule has 0 aliphatic carbocycles. The number of rotatable bonds is 4. The van der Waals surface area contributed by atoms with Gasteiger partial charge in [-0.15, -0.1) is 0 Å². The van der Waals surface area contributed by atoms with E-state index in [1.807, 2.05) is 6.07 Å². The summed E-state index contributed by atoms with van der Waals surface area (Å²) < 4.78 is 13.1. The van der Waals surface area contributed by atoms with E-state index in [0.717, 1.165) is 25.1 Å². The van der Waals surface area contributed by atoms with E-state index >= 15 is 0 Å². The lowest BCUT2D eigenvalue weighted by Gasteiger charge is -2.23. The predicted octanol–water partition coefficient (Wildman–Crippen LogP) is 1.79. The molecule has 1 aromatic carbocycles. The van der Waals surface area contributed by atoms with E-state index in [4.69, 9.17) is 5.73 Å². The van der Waals surface area contributed by atoms with Gasteiger partial charge in [-0.05, 0) is 43.5 Å². The van der Waals surface area contributed by atoms with Crippen LogP contribution in [0.25, 0.3) is 0 Å². The molecule has 1 aliphatic heterocycles. The van der Waals surface area contributed by atoms with Crippen LogP contribution >= 0.6 is 0 Å². The molecule has 0 bridgehead atoms. The van der Waals surface area contributed by atoms with Crippen molar-refractivity contribution in [1.82, 2.24) is 4.90 Å². The van der Waals surface area contributed by atoms with Gasteiger partial charge in [0.2, 0.25) is 0 Å². The summed E-state index contributed by atoms with van der Waals surface area (Å²) in [5.74, 6) is -0.138. The molecule has 2 nitrogen and oxygen atoms in total. The van der Waals surface area contributed by atoms with Crippen molar-refractivity contribution in [3.63, 3.8) is 0 Å². The van der Waals surface area contributed by atoms with Crippen LogP contribution in [-0.2, 0) is 6.42 Å². The van der Waals surface area contributed by atoms with Gasteiger partial charge < -0.3 is 5.73 Å². The highest BCUT2D eigenvalue weighted by Gasteiger charge is 2.23. The SMILES string of the molecule is NCCN1CCCC1Cc1cccc(F)c1. The Morgan fingerprint density at radius 2 is 2.31 bits per heavy atom. The van der Waals surface area contributed by atoms with Crippen LogP contribution in [0.5, 0.6) is 0 Å². The van der Waals surface area contributed by atoms with Crippen LogP contribution in [-0.4, -0.2) is 30.6 Å². The zero-order valence-corrected chi connectivity index (χ0v) is 9.53. The molecule has 1 atom stereocenters. The molecule has 1 aliphatic rings. The van der Waals surface area contributed by atoms with Crippen molar-refractivity contribution in [2.75, 3.05) is 19.6 Å². The van der Waals surface area contributed by atoms with Crippen molar-refractivity contribution in [2.24, 2.45) is 5.73 Å². The lowest BCUT2D eigenvalue weighted by molar-refractivity contribution is 0.259. The zero-order chi connectivity index (χ0) is 11.4. The fourth-order valence-electron chi connectivity index (χ4n) is 2.52. The Balaban J connectivity index is 1.98. The lowest BCUT2D eigenvalue weighted by Crippen LogP contribution is -2.35. The Bertz CT molecular complexity index is 340. The molecule has 0 aromatic heterocycles. The van der Waals surface area contributed by atoms with Crippen LogP contribution in [0.3, 0.4) is 0 Å². The van der Waals surface area contributed by atoms with Crippen LogP contribution in [0.4, 0.5) is 4.39 Å². The second-order valence-electron chi connectivity index (χ2n) is 4.45. The topological polar surface area (TPSA) is 29.3 Å². The molecule has 0 radical (unpaired) electrons. The van der Waals surface area contributed by atoms with E-state index in [9.17, 15) is 4.39 Å². The highest BCUT2D eigenvalue weighted by molar-refractivity contribution is 5.17. The average molecular weight is 222 g/mol. The first-order valence-electron chi connectivity index (χ1n) is 5.98. The summed E-state index contributed by atoms with van der Waals surface area (Å²) in [5, 5.41) is 0. The molecular formula is C13H19FN2. The van der Waals surface area contributed by atoms with E-state index in [1.165, 1.54) is 18.9 Å². The van der Waals surface area contributed by atoms with E-state index < -0.39 is 0 Å². The Morgan fingerprint density at radius 1 is 1.44 bits per heavy atom.